The van der Waals surface area contributed by atoms with E-state index in [0.29, 0.717) is 37.8 Å². The van der Waals surface area contributed by atoms with Gasteiger partial charge in [0.25, 0.3) is 0 Å². The Kier molecular flexibility index (Phi) is 6.42. The molecule has 0 saturated heterocycles. The Morgan fingerprint density at radius 3 is 2.65 bits per heavy atom. The lowest BCUT2D eigenvalue weighted by Gasteiger charge is -2.21. The number of benzene rings is 2. The SMILES string of the molecule is Cc1ccc(C)c(NC(=O)CN(CCC(=O)NCc2ccc3c(c2)OCO3)C2CC2)c1. The first kappa shape index (κ1) is 21.2. The van der Waals surface area contributed by atoms with Gasteiger partial charge in [-0.3, -0.25) is 14.5 Å². The van der Waals surface area contributed by atoms with Crippen LogP contribution < -0.4 is 20.1 Å². The molecular weight excluding hydrogens is 394 g/mol. The fraction of sp³-hybridized carbons (Fsp3) is 0.417. The smallest absolute Gasteiger partial charge is 0.238 e. The van der Waals surface area contributed by atoms with E-state index in [1.165, 1.54) is 0 Å². The van der Waals surface area contributed by atoms with Crippen molar-refractivity contribution >= 4 is 17.5 Å². The van der Waals surface area contributed by atoms with Crippen molar-refractivity contribution in [1.82, 2.24) is 10.2 Å². The molecule has 7 nitrogen and oxygen atoms in total. The van der Waals surface area contributed by atoms with E-state index in [1.54, 1.807) is 0 Å². The number of fused-ring (bicyclic) bond motifs is 1. The number of carbonyl (C=O) groups is 2. The maximum atomic E-state index is 12.6. The summed E-state index contributed by atoms with van der Waals surface area (Å²) in [6.45, 7) is 5.53. The van der Waals surface area contributed by atoms with E-state index >= 15 is 0 Å². The first-order valence-corrected chi connectivity index (χ1v) is 10.7. The van der Waals surface area contributed by atoms with Gasteiger partial charge in [0.05, 0.1) is 6.54 Å². The molecule has 4 rings (SSSR count). The first-order chi connectivity index (χ1) is 15.0. The van der Waals surface area contributed by atoms with Crippen LogP contribution in [0.1, 0.15) is 36.0 Å². The summed E-state index contributed by atoms with van der Waals surface area (Å²) in [5.41, 5.74) is 3.96. The molecule has 1 saturated carbocycles. The Morgan fingerprint density at radius 2 is 1.84 bits per heavy atom. The fourth-order valence-electron chi connectivity index (χ4n) is 3.66. The van der Waals surface area contributed by atoms with Crippen molar-refractivity contribution in [2.24, 2.45) is 0 Å². The number of nitrogens with one attached hydrogen (secondary N) is 2. The molecule has 1 heterocycles. The summed E-state index contributed by atoms with van der Waals surface area (Å²) in [7, 11) is 0. The van der Waals surface area contributed by atoms with Crippen LogP contribution in [0.3, 0.4) is 0 Å². The van der Waals surface area contributed by atoms with Gasteiger partial charge in [0, 0.05) is 31.2 Å². The zero-order chi connectivity index (χ0) is 21.8. The van der Waals surface area contributed by atoms with Crippen LogP contribution in [-0.2, 0) is 16.1 Å². The van der Waals surface area contributed by atoms with E-state index < -0.39 is 0 Å². The number of rotatable bonds is 9. The molecule has 1 aliphatic heterocycles. The number of carbonyl (C=O) groups excluding carboxylic acids is 2. The monoisotopic (exact) mass is 423 g/mol. The van der Waals surface area contributed by atoms with Crippen LogP contribution in [-0.4, -0.2) is 42.6 Å². The Balaban J connectivity index is 1.24. The molecule has 0 unspecified atom stereocenters. The number of hydrogen-bond donors (Lipinski definition) is 2. The summed E-state index contributed by atoms with van der Waals surface area (Å²) in [6, 6.07) is 12.1. The second-order valence-corrected chi connectivity index (χ2v) is 8.28. The van der Waals surface area contributed by atoms with Crippen molar-refractivity contribution in [2.75, 3.05) is 25.2 Å². The van der Waals surface area contributed by atoms with Crippen LogP contribution >= 0.6 is 0 Å². The summed E-state index contributed by atoms with van der Waals surface area (Å²) in [4.78, 5) is 27.1. The van der Waals surface area contributed by atoms with Gasteiger partial charge in [0.1, 0.15) is 0 Å². The Morgan fingerprint density at radius 1 is 1.03 bits per heavy atom. The van der Waals surface area contributed by atoms with Crippen molar-refractivity contribution < 1.29 is 19.1 Å². The van der Waals surface area contributed by atoms with E-state index in [9.17, 15) is 9.59 Å². The zero-order valence-electron chi connectivity index (χ0n) is 18.1. The molecule has 164 valence electrons. The van der Waals surface area contributed by atoms with E-state index in [2.05, 4.69) is 15.5 Å². The molecule has 2 aromatic carbocycles. The molecule has 0 spiro atoms. The van der Waals surface area contributed by atoms with Gasteiger partial charge in [-0.1, -0.05) is 18.2 Å². The third kappa shape index (κ3) is 5.76. The number of amides is 2. The summed E-state index contributed by atoms with van der Waals surface area (Å²) in [6.07, 6.45) is 2.52. The topological polar surface area (TPSA) is 79.9 Å². The van der Waals surface area contributed by atoms with Crippen molar-refractivity contribution in [3.8, 4) is 11.5 Å². The van der Waals surface area contributed by atoms with Gasteiger partial charge in [-0.2, -0.15) is 0 Å². The zero-order valence-corrected chi connectivity index (χ0v) is 18.1. The third-order valence-electron chi connectivity index (χ3n) is 5.63. The highest BCUT2D eigenvalue weighted by Gasteiger charge is 2.30. The first-order valence-electron chi connectivity index (χ1n) is 10.7. The van der Waals surface area contributed by atoms with Crippen LogP contribution in [0.15, 0.2) is 36.4 Å². The van der Waals surface area contributed by atoms with Gasteiger partial charge < -0.3 is 20.1 Å². The largest absolute Gasteiger partial charge is 0.454 e. The maximum Gasteiger partial charge on any atom is 0.238 e. The number of aryl methyl sites for hydroxylation is 2. The van der Waals surface area contributed by atoms with E-state index in [4.69, 9.17) is 9.47 Å². The molecule has 1 fully saturated rings. The quantitative estimate of drug-likeness (QED) is 0.648. The number of hydrogen-bond acceptors (Lipinski definition) is 5. The van der Waals surface area contributed by atoms with Gasteiger partial charge in [0.15, 0.2) is 11.5 Å². The molecule has 2 N–H and O–H groups in total. The summed E-state index contributed by atoms with van der Waals surface area (Å²) in [5, 5.41) is 5.96. The lowest BCUT2D eigenvalue weighted by molar-refractivity contribution is -0.122. The van der Waals surface area contributed by atoms with Crippen LogP contribution in [0.2, 0.25) is 0 Å². The molecule has 0 bridgehead atoms. The number of anilines is 1. The molecular formula is C24H29N3O4. The predicted octanol–water partition coefficient (Wildman–Crippen LogP) is 3.14. The van der Waals surface area contributed by atoms with Gasteiger partial charge in [-0.15, -0.1) is 0 Å². The van der Waals surface area contributed by atoms with Crippen LogP contribution in [0.5, 0.6) is 11.5 Å². The molecule has 31 heavy (non-hydrogen) atoms. The van der Waals surface area contributed by atoms with Crippen LogP contribution in [0, 0.1) is 13.8 Å². The molecule has 2 amide bonds. The predicted molar refractivity (Wildman–Crippen MR) is 118 cm³/mol. The molecule has 2 aromatic rings. The van der Waals surface area contributed by atoms with Crippen LogP contribution in [0.4, 0.5) is 5.69 Å². The summed E-state index contributed by atoms with van der Waals surface area (Å²) < 4.78 is 10.7. The maximum absolute atomic E-state index is 12.6. The summed E-state index contributed by atoms with van der Waals surface area (Å²) in [5.74, 6) is 1.37. The van der Waals surface area contributed by atoms with Gasteiger partial charge >= 0.3 is 0 Å². The lowest BCUT2D eigenvalue weighted by atomic mass is 10.1. The van der Waals surface area contributed by atoms with Crippen molar-refractivity contribution in [3.63, 3.8) is 0 Å². The Labute approximate surface area is 182 Å². The standard InChI is InChI=1S/C24H29N3O4/c1-16-3-4-17(2)20(11-16)26-24(29)14-27(19-6-7-19)10-9-23(28)25-13-18-5-8-21-22(12-18)31-15-30-21/h3-5,8,11-12,19H,6-7,9-10,13-15H2,1-2H3,(H,25,28)(H,26,29). The molecule has 2 aliphatic rings. The third-order valence-corrected chi connectivity index (χ3v) is 5.63. The van der Waals surface area contributed by atoms with E-state index in [-0.39, 0.29) is 18.6 Å². The molecule has 0 radical (unpaired) electrons. The Hall–Kier alpha value is -3.06. The average molecular weight is 424 g/mol. The highest BCUT2D eigenvalue weighted by Crippen LogP contribution is 2.32. The van der Waals surface area contributed by atoms with Crippen molar-refractivity contribution in [3.05, 3.63) is 53.1 Å². The normalized spacial score (nSPS) is 14.5. The van der Waals surface area contributed by atoms with E-state index in [1.807, 2.05) is 50.2 Å². The minimum atomic E-state index is -0.0404. The van der Waals surface area contributed by atoms with Crippen molar-refractivity contribution in [2.45, 2.75) is 45.7 Å². The average Bonchev–Trinajstić information content (AvgIpc) is 3.49. The lowest BCUT2D eigenvalue weighted by Crippen LogP contribution is -2.37. The molecule has 0 atom stereocenters. The van der Waals surface area contributed by atoms with Gasteiger partial charge in [-0.05, 0) is 61.6 Å². The van der Waals surface area contributed by atoms with E-state index in [0.717, 1.165) is 41.0 Å². The molecule has 0 aromatic heterocycles. The Bertz CT molecular complexity index is 971. The summed E-state index contributed by atoms with van der Waals surface area (Å²) >= 11 is 0. The van der Waals surface area contributed by atoms with Crippen LogP contribution in [0.25, 0.3) is 0 Å². The second kappa shape index (κ2) is 9.39. The second-order valence-electron chi connectivity index (χ2n) is 8.28. The fourth-order valence-corrected chi connectivity index (χ4v) is 3.66. The minimum Gasteiger partial charge on any atom is -0.454 e. The number of nitrogens with zero attached hydrogens (tertiary/aromatic N) is 1. The van der Waals surface area contributed by atoms with Crippen molar-refractivity contribution in [1.29, 1.82) is 0 Å². The van der Waals surface area contributed by atoms with Gasteiger partial charge in [0.2, 0.25) is 18.6 Å². The molecule has 1 aliphatic carbocycles. The van der Waals surface area contributed by atoms with Gasteiger partial charge in [-0.25, -0.2) is 0 Å². The molecule has 7 heteroatoms. The minimum absolute atomic E-state index is 0.0294. The highest BCUT2D eigenvalue weighted by molar-refractivity contribution is 5.93. The number of ether oxygens (including phenoxy) is 2. The highest BCUT2D eigenvalue weighted by atomic mass is 16.7.